The van der Waals surface area contributed by atoms with E-state index in [-0.39, 0.29) is 5.54 Å². The Morgan fingerprint density at radius 2 is 2.24 bits per heavy atom. The molecular formula is C14H21ClN2. The van der Waals surface area contributed by atoms with E-state index in [1.54, 1.807) is 0 Å². The van der Waals surface area contributed by atoms with Gasteiger partial charge in [0.05, 0.1) is 0 Å². The molecule has 1 heterocycles. The first-order valence-corrected chi connectivity index (χ1v) is 6.69. The van der Waals surface area contributed by atoms with Gasteiger partial charge in [-0.15, -0.1) is 0 Å². The number of hydrogen-bond acceptors (Lipinski definition) is 2. The molecular weight excluding hydrogens is 232 g/mol. The maximum Gasteiger partial charge on any atom is 0.0496 e. The highest BCUT2D eigenvalue weighted by Gasteiger charge is 2.33. The number of rotatable bonds is 2. The second-order valence-corrected chi connectivity index (χ2v) is 5.55. The third-order valence-corrected chi connectivity index (χ3v) is 4.13. The van der Waals surface area contributed by atoms with E-state index in [1.807, 2.05) is 6.07 Å². The van der Waals surface area contributed by atoms with E-state index in [1.165, 1.54) is 11.3 Å². The standard InChI is InChI=1S/C14H21ClN2/c1-4-14(3)10-16-7-8-17(14)13-9-12(15)6-5-11(13)2/h5-6,9,16H,4,7-8,10H2,1-3H3. The van der Waals surface area contributed by atoms with Gasteiger partial charge < -0.3 is 10.2 Å². The molecule has 1 saturated heterocycles. The summed E-state index contributed by atoms with van der Waals surface area (Å²) >= 11 is 6.13. The summed E-state index contributed by atoms with van der Waals surface area (Å²) in [6, 6.07) is 6.16. The van der Waals surface area contributed by atoms with Crippen molar-refractivity contribution in [3.63, 3.8) is 0 Å². The molecule has 1 atom stereocenters. The Morgan fingerprint density at radius 3 is 2.94 bits per heavy atom. The Kier molecular flexibility index (Phi) is 3.64. The van der Waals surface area contributed by atoms with Crippen LogP contribution in [0.15, 0.2) is 18.2 Å². The van der Waals surface area contributed by atoms with Gasteiger partial charge in [0.25, 0.3) is 0 Å². The lowest BCUT2D eigenvalue weighted by molar-refractivity contribution is 0.342. The molecule has 1 aromatic carbocycles. The number of halogens is 1. The zero-order valence-corrected chi connectivity index (χ0v) is 11.6. The highest BCUT2D eigenvalue weighted by molar-refractivity contribution is 6.30. The Morgan fingerprint density at radius 1 is 1.47 bits per heavy atom. The van der Waals surface area contributed by atoms with Crippen LogP contribution in [0.3, 0.4) is 0 Å². The van der Waals surface area contributed by atoms with Crippen molar-refractivity contribution in [1.82, 2.24) is 5.32 Å². The van der Waals surface area contributed by atoms with E-state index in [2.05, 4.69) is 43.1 Å². The quantitative estimate of drug-likeness (QED) is 0.870. The normalized spacial score (nSPS) is 25.1. The monoisotopic (exact) mass is 252 g/mol. The first-order chi connectivity index (χ1) is 8.07. The minimum atomic E-state index is 0.188. The smallest absolute Gasteiger partial charge is 0.0496 e. The fourth-order valence-electron chi connectivity index (χ4n) is 2.51. The molecule has 0 spiro atoms. The zero-order chi connectivity index (χ0) is 12.5. The SMILES string of the molecule is CCC1(C)CNCCN1c1cc(Cl)ccc1C. The fraction of sp³-hybridized carbons (Fsp3) is 0.571. The molecule has 1 fully saturated rings. The van der Waals surface area contributed by atoms with Crippen LogP contribution in [0.1, 0.15) is 25.8 Å². The van der Waals surface area contributed by atoms with Gasteiger partial charge in [0.1, 0.15) is 0 Å². The van der Waals surface area contributed by atoms with Crippen LogP contribution < -0.4 is 10.2 Å². The van der Waals surface area contributed by atoms with E-state index in [0.717, 1.165) is 31.1 Å². The third-order valence-electron chi connectivity index (χ3n) is 3.89. The molecule has 0 aliphatic carbocycles. The van der Waals surface area contributed by atoms with E-state index in [4.69, 9.17) is 11.6 Å². The molecule has 0 amide bonds. The van der Waals surface area contributed by atoms with Gasteiger partial charge in [-0.05, 0) is 38.0 Å². The number of nitrogens with zero attached hydrogens (tertiary/aromatic N) is 1. The van der Waals surface area contributed by atoms with Crippen LogP contribution in [0.4, 0.5) is 5.69 Å². The summed E-state index contributed by atoms with van der Waals surface area (Å²) in [4.78, 5) is 2.50. The maximum atomic E-state index is 6.13. The van der Waals surface area contributed by atoms with Gasteiger partial charge in [0, 0.05) is 35.9 Å². The summed E-state index contributed by atoms with van der Waals surface area (Å²) in [6.45, 7) is 9.85. The van der Waals surface area contributed by atoms with Gasteiger partial charge in [-0.2, -0.15) is 0 Å². The Hall–Kier alpha value is -0.730. The molecule has 2 rings (SSSR count). The lowest BCUT2D eigenvalue weighted by Crippen LogP contribution is -2.59. The van der Waals surface area contributed by atoms with Gasteiger partial charge in [-0.1, -0.05) is 24.6 Å². The average molecular weight is 253 g/mol. The molecule has 1 unspecified atom stereocenters. The van der Waals surface area contributed by atoms with Crippen molar-refractivity contribution < 1.29 is 0 Å². The molecule has 17 heavy (non-hydrogen) atoms. The number of nitrogens with one attached hydrogen (secondary N) is 1. The van der Waals surface area contributed by atoms with Crippen molar-refractivity contribution in [3.05, 3.63) is 28.8 Å². The van der Waals surface area contributed by atoms with Crippen LogP contribution in [-0.4, -0.2) is 25.2 Å². The molecule has 0 aromatic heterocycles. The minimum absolute atomic E-state index is 0.188. The predicted molar refractivity (Wildman–Crippen MR) is 75.1 cm³/mol. The molecule has 0 radical (unpaired) electrons. The van der Waals surface area contributed by atoms with Crippen molar-refractivity contribution in [2.75, 3.05) is 24.5 Å². The number of anilines is 1. The van der Waals surface area contributed by atoms with Crippen LogP contribution in [0, 0.1) is 6.92 Å². The topological polar surface area (TPSA) is 15.3 Å². The van der Waals surface area contributed by atoms with Gasteiger partial charge in [-0.25, -0.2) is 0 Å². The summed E-state index contributed by atoms with van der Waals surface area (Å²) < 4.78 is 0. The molecule has 0 saturated carbocycles. The van der Waals surface area contributed by atoms with Gasteiger partial charge in [0.2, 0.25) is 0 Å². The van der Waals surface area contributed by atoms with Gasteiger partial charge >= 0.3 is 0 Å². The van der Waals surface area contributed by atoms with E-state index >= 15 is 0 Å². The summed E-state index contributed by atoms with van der Waals surface area (Å²) in [7, 11) is 0. The Bertz CT molecular complexity index is 405. The van der Waals surface area contributed by atoms with Crippen LogP contribution >= 0.6 is 11.6 Å². The summed E-state index contributed by atoms with van der Waals surface area (Å²) in [5.74, 6) is 0. The summed E-state index contributed by atoms with van der Waals surface area (Å²) in [6.07, 6.45) is 1.13. The number of aryl methyl sites for hydroxylation is 1. The van der Waals surface area contributed by atoms with Gasteiger partial charge in [-0.3, -0.25) is 0 Å². The highest BCUT2D eigenvalue weighted by Crippen LogP contribution is 2.32. The van der Waals surface area contributed by atoms with Crippen LogP contribution in [-0.2, 0) is 0 Å². The second kappa shape index (κ2) is 4.87. The number of hydrogen-bond donors (Lipinski definition) is 1. The average Bonchev–Trinajstić information content (AvgIpc) is 2.33. The first kappa shape index (κ1) is 12.7. The molecule has 0 bridgehead atoms. The molecule has 1 N–H and O–H groups in total. The van der Waals surface area contributed by atoms with Crippen LogP contribution in [0.2, 0.25) is 5.02 Å². The number of benzene rings is 1. The van der Waals surface area contributed by atoms with Crippen molar-refractivity contribution in [2.24, 2.45) is 0 Å². The van der Waals surface area contributed by atoms with Crippen LogP contribution in [0.25, 0.3) is 0 Å². The molecule has 94 valence electrons. The molecule has 1 aliphatic rings. The highest BCUT2D eigenvalue weighted by atomic mass is 35.5. The van der Waals surface area contributed by atoms with Crippen molar-refractivity contribution in [1.29, 1.82) is 0 Å². The molecule has 2 nitrogen and oxygen atoms in total. The maximum absolute atomic E-state index is 6.13. The summed E-state index contributed by atoms with van der Waals surface area (Å²) in [5, 5.41) is 4.31. The predicted octanol–water partition coefficient (Wildman–Crippen LogP) is 3.23. The van der Waals surface area contributed by atoms with Crippen molar-refractivity contribution >= 4 is 17.3 Å². The molecule has 3 heteroatoms. The van der Waals surface area contributed by atoms with Gasteiger partial charge in [0.15, 0.2) is 0 Å². The lowest BCUT2D eigenvalue weighted by atomic mass is 9.92. The fourth-order valence-corrected chi connectivity index (χ4v) is 2.68. The first-order valence-electron chi connectivity index (χ1n) is 6.31. The van der Waals surface area contributed by atoms with Crippen molar-refractivity contribution in [2.45, 2.75) is 32.7 Å². The minimum Gasteiger partial charge on any atom is -0.363 e. The Balaban J connectivity index is 2.39. The van der Waals surface area contributed by atoms with Crippen molar-refractivity contribution in [3.8, 4) is 0 Å². The Labute approximate surface area is 109 Å². The zero-order valence-electron chi connectivity index (χ0n) is 10.9. The van der Waals surface area contributed by atoms with Crippen LogP contribution in [0.5, 0.6) is 0 Å². The largest absolute Gasteiger partial charge is 0.363 e. The second-order valence-electron chi connectivity index (χ2n) is 5.11. The number of piperazine rings is 1. The van der Waals surface area contributed by atoms with E-state index in [0.29, 0.717) is 0 Å². The molecule has 1 aromatic rings. The lowest BCUT2D eigenvalue weighted by Gasteiger charge is -2.47. The van der Waals surface area contributed by atoms with E-state index < -0.39 is 0 Å². The summed E-state index contributed by atoms with van der Waals surface area (Å²) in [5.41, 5.74) is 2.77. The third kappa shape index (κ3) is 2.43. The molecule has 1 aliphatic heterocycles. The van der Waals surface area contributed by atoms with E-state index in [9.17, 15) is 0 Å².